The summed E-state index contributed by atoms with van der Waals surface area (Å²) in [5.74, 6) is -0.271. The van der Waals surface area contributed by atoms with Crippen molar-refractivity contribution in [3.05, 3.63) is 64.1 Å². The molecule has 1 unspecified atom stereocenters. The molecular formula is C23H28BrN3O2. The van der Waals surface area contributed by atoms with E-state index in [0.717, 1.165) is 36.9 Å². The van der Waals surface area contributed by atoms with E-state index in [1.54, 1.807) is 12.1 Å². The Labute approximate surface area is 181 Å². The summed E-state index contributed by atoms with van der Waals surface area (Å²) in [5, 5.41) is 5.88. The fourth-order valence-corrected chi connectivity index (χ4v) is 3.89. The van der Waals surface area contributed by atoms with Gasteiger partial charge in [-0.2, -0.15) is 0 Å². The monoisotopic (exact) mass is 457 g/mol. The van der Waals surface area contributed by atoms with E-state index in [0.29, 0.717) is 11.3 Å². The molecule has 2 N–H and O–H groups in total. The van der Waals surface area contributed by atoms with E-state index in [1.807, 2.05) is 38.1 Å². The molecule has 0 radical (unpaired) electrons. The molecule has 1 atom stereocenters. The number of nitrogens with one attached hydrogen (secondary N) is 2. The molecule has 0 saturated carbocycles. The lowest BCUT2D eigenvalue weighted by Gasteiger charge is -2.32. The molecule has 29 heavy (non-hydrogen) atoms. The lowest BCUT2D eigenvalue weighted by atomic mass is 9.96. The third kappa shape index (κ3) is 6.15. The predicted octanol–water partition coefficient (Wildman–Crippen LogP) is 4.44. The normalized spacial score (nSPS) is 17.2. The Hall–Kier alpha value is -2.18. The number of hydrogen-bond acceptors (Lipinski definition) is 3. The number of halogens is 1. The van der Waals surface area contributed by atoms with Gasteiger partial charge in [-0.05, 0) is 63.1 Å². The first kappa shape index (κ1) is 21.5. The summed E-state index contributed by atoms with van der Waals surface area (Å²) >= 11 is 3.46. The number of carbonyl (C=O) groups excluding carboxylic acids is 2. The Morgan fingerprint density at radius 1 is 1.14 bits per heavy atom. The second-order valence-corrected chi connectivity index (χ2v) is 8.78. The molecular weight excluding hydrogens is 430 g/mol. The summed E-state index contributed by atoms with van der Waals surface area (Å²) in [7, 11) is 0. The van der Waals surface area contributed by atoms with Crippen LogP contribution in [0.2, 0.25) is 0 Å². The molecule has 5 nitrogen and oxygen atoms in total. The average Bonchev–Trinajstić information content (AvgIpc) is 2.70. The van der Waals surface area contributed by atoms with Crippen molar-refractivity contribution >= 4 is 33.4 Å². The average molecular weight is 458 g/mol. The number of rotatable bonds is 6. The molecule has 1 fully saturated rings. The zero-order valence-electron chi connectivity index (χ0n) is 17.0. The van der Waals surface area contributed by atoms with Gasteiger partial charge in [-0.15, -0.1) is 0 Å². The first-order valence-electron chi connectivity index (χ1n) is 10.1. The van der Waals surface area contributed by atoms with Crippen LogP contribution in [0.25, 0.3) is 0 Å². The van der Waals surface area contributed by atoms with Gasteiger partial charge in [-0.3, -0.25) is 14.5 Å². The van der Waals surface area contributed by atoms with E-state index < -0.39 is 0 Å². The highest BCUT2D eigenvalue weighted by atomic mass is 79.9. The highest BCUT2D eigenvalue weighted by molar-refractivity contribution is 9.10. The minimum Gasteiger partial charge on any atom is -0.350 e. The molecule has 0 bridgehead atoms. The number of nitrogens with zero attached hydrogens (tertiary/aromatic N) is 1. The number of likely N-dealkylation sites (tertiary alicyclic amines) is 1. The van der Waals surface area contributed by atoms with Crippen molar-refractivity contribution in [3.63, 3.8) is 0 Å². The Bertz CT molecular complexity index is 851. The van der Waals surface area contributed by atoms with Crippen molar-refractivity contribution < 1.29 is 9.59 Å². The zero-order chi connectivity index (χ0) is 20.8. The van der Waals surface area contributed by atoms with Gasteiger partial charge in [-0.25, -0.2) is 0 Å². The Balaban J connectivity index is 1.63. The molecule has 2 amide bonds. The maximum Gasteiger partial charge on any atom is 0.253 e. The molecule has 2 aromatic rings. The minimum absolute atomic E-state index is 0.0182. The van der Waals surface area contributed by atoms with Crippen LogP contribution in [0.15, 0.2) is 53.0 Å². The van der Waals surface area contributed by atoms with Crippen LogP contribution in [0.3, 0.4) is 0 Å². The Morgan fingerprint density at radius 3 is 2.59 bits per heavy atom. The molecule has 6 heteroatoms. The third-order valence-corrected chi connectivity index (χ3v) is 5.57. The lowest BCUT2D eigenvalue weighted by molar-refractivity contribution is -0.121. The highest BCUT2D eigenvalue weighted by Gasteiger charge is 2.26. The van der Waals surface area contributed by atoms with Crippen molar-refractivity contribution in [3.8, 4) is 0 Å². The second-order valence-electron chi connectivity index (χ2n) is 7.86. The van der Waals surface area contributed by atoms with E-state index in [9.17, 15) is 9.59 Å². The van der Waals surface area contributed by atoms with Crippen molar-refractivity contribution in [2.75, 3.05) is 18.4 Å². The summed E-state index contributed by atoms with van der Waals surface area (Å²) in [6.07, 6.45) is 1.85. The number of amides is 2. The smallest absolute Gasteiger partial charge is 0.253 e. The topological polar surface area (TPSA) is 61.4 Å². The van der Waals surface area contributed by atoms with E-state index in [1.165, 1.54) is 5.56 Å². The number of hydrogen-bond donors (Lipinski definition) is 2. The highest BCUT2D eigenvalue weighted by Crippen LogP contribution is 2.22. The molecule has 1 aliphatic heterocycles. The summed E-state index contributed by atoms with van der Waals surface area (Å²) in [6.45, 7) is 6.39. The van der Waals surface area contributed by atoms with Crippen LogP contribution in [-0.4, -0.2) is 35.8 Å². The molecule has 1 heterocycles. The standard InChI is InChI=1S/C23H28BrN3O2/c1-16(2)25-23(29)20-7-3-4-8-21(20)26-22(28)18-6-5-13-27(15-18)14-17-9-11-19(24)12-10-17/h3-4,7-12,16,18H,5-6,13-15H2,1-2H3,(H,25,29)(H,26,28). The van der Waals surface area contributed by atoms with Crippen LogP contribution in [0.5, 0.6) is 0 Å². The minimum atomic E-state index is -0.170. The number of carbonyl (C=O) groups is 2. The number of anilines is 1. The van der Waals surface area contributed by atoms with Gasteiger partial charge in [0.25, 0.3) is 5.91 Å². The predicted molar refractivity (Wildman–Crippen MR) is 120 cm³/mol. The second kappa shape index (κ2) is 10.0. The molecule has 154 valence electrons. The fraction of sp³-hybridized carbons (Fsp3) is 0.391. The molecule has 3 rings (SSSR count). The van der Waals surface area contributed by atoms with Gasteiger partial charge in [-0.1, -0.05) is 40.2 Å². The number of para-hydroxylation sites is 1. The lowest BCUT2D eigenvalue weighted by Crippen LogP contribution is -2.40. The van der Waals surface area contributed by atoms with Crippen molar-refractivity contribution in [2.24, 2.45) is 5.92 Å². The number of benzene rings is 2. The molecule has 1 saturated heterocycles. The van der Waals surface area contributed by atoms with Crippen LogP contribution in [0.4, 0.5) is 5.69 Å². The zero-order valence-corrected chi connectivity index (χ0v) is 18.5. The van der Waals surface area contributed by atoms with Crippen molar-refractivity contribution in [1.29, 1.82) is 0 Å². The van der Waals surface area contributed by atoms with E-state index in [-0.39, 0.29) is 23.8 Å². The molecule has 0 aromatic heterocycles. The molecule has 0 aliphatic carbocycles. The van der Waals surface area contributed by atoms with E-state index in [4.69, 9.17) is 0 Å². The van der Waals surface area contributed by atoms with Crippen LogP contribution in [0, 0.1) is 5.92 Å². The third-order valence-electron chi connectivity index (χ3n) is 5.05. The van der Waals surface area contributed by atoms with Gasteiger partial charge < -0.3 is 10.6 Å². The van der Waals surface area contributed by atoms with Gasteiger partial charge in [0.15, 0.2) is 0 Å². The summed E-state index contributed by atoms with van der Waals surface area (Å²) in [6, 6.07) is 15.5. The van der Waals surface area contributed by atoms with Crippen LogP contribution in [0.1, 0.15) is 42.6 Å². The van der Waals surface area contributed by atoms with Crippen LogP contribution >= 0.6 is 15.9 Å². The SMILES string of the molecule is CC(C)NC(=O)c1ccccc1NC(=O)C1CCCN(Cc2ccc(Br)cc2)C1. The van der Waals surface area contributed by atoms with Gasteiger partial charge in [0, 0.05) is 23.6 Å². The van der Waals surface area contributed by atoms with Crippen LogP contribution in [-0.2, 0) is 11.3 Å². The number of piperidine rings is 1. The van der Waals surface area contributed by atoms with Gasteiger partial charge in [0.1, 0.15) is 0 Å². The Kier molecular flexibility index (Phi) is 7.45. The quantitative estimate of drug-likeness (QED) is 0.673. The van der Waals surface area contributed by atoms with E-state index in [2.05, 4.69) is 43.6 Å². The fourth-order valence-electron chi connectivity index (χ4n) is 3.63. The molecule has 2 aromatic carbocycles. The van der Waals surface area contributed by atoms with Crippen LogP contribution < -0.4 is 10.6 Å². The maximum atomic E-state index is 12.9. The van der Waals surface area contributed by atoms with Gasteiger partial charge >= 0.3 is 0 Å². The van der Waals surface area contributed by atoms with Gasteiger partial charge in [0.05, 0.1) is 17.2 Å². The Morgan fingerprint density at radius 2 is 1.86 bits per heavy atom. The molecule has 0 spiro atoms. The first-order chi connectivity index (χ1) is 13.9. The molecule has 1 aliphatic rings. The maximum absolute atomic E-state index is 12.9. The van der Waals surface area contributed by atoms with Crippen molar-refractivity contribution in [2.45, 2.75) is 39.3 Å². The van der Waals surface area contributed by atoms with E-state index >= 15 is 0 Å². The van der Waals surface area contributed by atoms with Gasteiger partial charge in [0.2, 0.25) is 5.91 Å². The summed E-state index contributed by atoms with van der Waals surface area (Å²) < 4.78 is 1.07. The first-order valence-corrected chi connectivity index (χ1v) is 10.9. The summed E-state index contributed by atoms with van der Waals surface area (Å²) in [5.41, 5.74) is 2.31. The van der Waals surface area contributed by atoms with Crippen molar-refractivity contribution in [1.82, 2.24) is 10.2 Å². The largest absolute Gasteiger partial charge is 0.350 e. The summed E-state index contributed by atoms with van der Waals surface area (Å²) in [4.78, 5) is 27.7.